The molecule has 1 N–H and O–H groups in total. The van der Waals surface area contributed by atoms with E-state index < -0.39 is 5.97 Å². The van der Waals surface area contributed by atoms with Gasteiger partial charge in [0.25, 0.3) is 0 Å². The molecule has 16 heavy (non-hydrogen) atoms. The van der Waals surface area contributed by atoms with E-state index in [4.69, 9.17) is 16.7 Å². The number of carbonyl (C=O) groups is 1. The lowest BCUT2D eigenvalue weighted by Crippen LogP contribution is -2.02. The van der Waals surface area contributed by atoms with Gasteiger partial charge in [0.1, 0.15) is 11.3 Å². The van der Waals surface area contributed by atoms with Gasteiger partial charge >= 0.3 is 5.97 Å². The fourth-order valence-electron chi connectivity index (χ4n) is 1.17. The highest BCUT2D eigenvalue weighted by Crippen LogP contribution is 2.18. The third kappa shape index (κ3) is 1.99. The number of halogens is 1. The van der Waals surface area contributed by atoms with E-state index in [2.05, 4.69) is 15.2 Å². The second-order valence-electron chi connectivity index (χ2n) is 2.95. The van der Waals surface area contributed by atoms with Crippen LogP contribution < -0.4 is 0 Å². The summed E-state index contributed by atoms with van der Waals surface area (Å²) in [4.78, 5) is 14.9. The van der Waals surface area contributed by atoms with Crippen LogP contribution in [0, 0.1) is 0 Å². The van der Waals surface area contributed by atoms with Gasteiger partial charge < -0.3 is 5.11 Å². The third-order valence-electron chi connectivity index (χ3n) is 1.91. The Kier molecular flexibility index (Phi) is 2.78. The Hall–Kier alpha value is -2.01. The van der Waals surface area contributed by atoms with E-state index in [0.29, 0.717) is 11.4 Å². The fourth-order valence-corrected chi connectivity index (χ4v) is 1.34. The van der Waals surface area contributed by atoms with Crippen LogP contribution in [0.3, 0.4) is 0 Å². The van der Waals surface area contributed by atoms with Crippen molar-refractivity contribution in [3.63, 3.8) is 0 Å². The SMILES string of the molecule is O=C(O)c1cc(-c2ccccn2)nnc1Cl. The number of aromatic carboxylic acids is 1. The highest BCUT2D eigenvalue weighted by atomic mass is 35.5. The highest BCUT2D eigenvalue weighted by molar-refractivity contribution is 6.32. The Bertz CT molecular complexity index is 531. The van der Waals surface area contributed by atoms with Crippen molar-refractivity contribution in [3.05, 3.63) is 41.2 Å². The molecular formula is C10H6ClN3O2. The Morgan fingerprint density at radius 2 is 2.06 bits per heavy atom. The van der Waals surface area contributed by atoms with Gasteiger partial charge in [-0.2, -0.15) is 0 Å². The molecule has 0 amide bonds. The van der Waals surface area contributed by atoms with Crippen molar-refractivity contribution >= 4 is 17.6 Å². The van der Waals surface area contributed by atoms with Crippen LogP contribution in [0.15, 0.2) is 30.5 Å². The molecular weight excluding hydrogens is 230 g/mol. The van der Waals surface area contributed by atoms with Gasteiger partial charge in [-0.05, 0) is 18.2 Å². The molecule has 0 aliphatic rings. The zero-order valence-electron chi connectivity index (χ0n) is 7.96. The first-order valence-electron chi connectivity index (χ1n) is 4.36. The largest absolute Gasteiger partial charge is 0.478 e. The molecule has 0 aromatic carbocycles. The molecule has 0 radical (unpaired) electrons. The zero-order valence-corrected chi connectivity index (χ0v) is 8.72. The predicted octanol–water partition coefficient (Wildman–Crippen LogP) is 1.89. The van der Waals surface area contributed by atoms with Crippen LogP contribution in [0.1, 0.15) is 10.4 Å². The van der Waals surface area contributed by atoms with Gasteiger partial charge in [0.05, 0.1) is 5.69 Å². The molecule has 0 atom stereocenters. The summed E-state index contributed by atoms with van der Waals surface area (Å²) in [5.41, 5.74) is 0.842. The molecule has 2 aromatic rings. The quantitative estimate of drug-likeness (QED) is 0.860. The van der Waals surface area contributed by atoms with Gasteiger partial charge in [-0.15, -0.1) is 10.2 Å². The second kappa shape index (κ2) is 4.24. The van der Waals surface area contributed by atoms with Crippen LogP contribution in [0.4, 0.5) is 0 Å². The maximum absolute atomic E-state index is 10.8. The zero-order chi connectivity index (χ0) is 11.5. The number of carboxylic acids is 1. The molecule has 0 fully saturated rings. The van der Waals surface area contributed by atoms with Crippen LogP contribution in [0.5, 0.6) is 0 Å². The number of hydrogen-bond donors (Lipinski definition) is 1. The van der Waals surface area contributed by atoms with E-state index in [-0.39, 0.29) is 10.7 Å². The van der Waals surface area contributed by atoms with Crippen molar-refractivity contribution in [1.29, 1.82) is 0 Å². The Labute approximate surface area is 95.7 Å². The maximum atomic E-state index is 10.8. The normalized spacial score (nSPS) is 10.1. The molecule has 5 nitrogen and oxygen atoms in total. The van der Waals surface area contributed by atoms with E-state index in [1.54, 1.807) is 24.4 Å². The lowest BCUT2D eigenvalue weighted by molar-refractivity contribution is 0.0696. The molecule has 6 heteroatoms. The molecule has 2 aromatic heterocycles. The van der Waals surface area contributed by atoms with E-state index in [1.165, 1.54) is 6.07 Å². The summed E-state index contributed by atoms with van der Waals surface area (Å²) in [6.45, 7) is 0. The van der Waals surface area contributed by atoms with Crippen LogP contribution in [0.2, 0.25) is 5.15 Å². The molecule has 0 spiro atoms. The number of aromatic nitrogens is 3. The smallest absolute Gasteiger partial charge is 0.338 e. The summed E-state index contributed by atoms with van der Waals surface area (Å²) >= 11 is 5.60. The summed E-state index contributed by atoms with van der Waals surface area (Å²) < 4.78 is 0. The van der Waals surface area contributed by atoms with E-state index in [1.807, 2.05) is 0 Å². The number of hydrogen-bond acceptors (Lipinski definition) is 4. The molecule has 80 valence electrons. The summed E-state index contributed by atoms with van der Waals surface area (Å²) in [5, 5.41) is 16.1. The Balaban J connectivity index is 2.52. The van der Waals surface area contributed by atoms with E-state index in [9.17, 15) is 4.79 Å². The van der Waals surface area contributed by atoms with Gasteiger partial charge in [0.15, 0.2) is 5.15 Å². The van der Waals surface area contributed by atoms with Crippen molar-refractivity contribution < 1.29 is 9.90 Å². The lowest BCUT2D eigenvalue weighted by Gasteiger charge is -2.01. The topological polar surface area (TPSA) is 76.0 Å². The van der Waals surface area contributed by atoms with Crippen molar-refractivity contribution in [2.24, 2.45) is 0 Å². The van der Waals surface area contributed by atoms with E-state index >= 15 is 0 Å². The molecule has 0 saturated heterocycles. The molecule has 0 unspecified atom stereocenters. The summed E-state index contributed by atoms with van der Waals surface area (Å²) in [5.74, 6) is -1.14. The summed E-state index contributed by atoms with van der Waals surface area (Å²) in [7, 11) is 0. The first-order chi connectivity index (χ1) is 7.68. The molecule has 2 heterocycles. The number of nitrogens with zero attached hydrogens (tertiary/aromatic N) is 3. The van der Waals surface area contributed by atoms with Gasteiger partial charge in [-0.25, -0.2) is 4.79 Å². The Morgan fingerprint density at radius 3 is 2.69 bits per heavy atom. The second-order valence-corrected chi connectivity index (χ2v) is 3.31. The summed E-state index contributed by atoms with van der Waals surface area (Å²) in [6.07, 6.45) is 1.59. The van der Waals surface area contributed by atoms with Gasteiger partial charge in [0.2, 0.25) is 0 Å². The maximum Gasteiger partial charge on any atom is 0.338 e. The van der Waals surface area contributed by atoms with Crippen LogP contribution in [-0.2, 0) is 0 Å². The van der Waals surface area contributed by atoms with Crippen molar-refractivity contribution in [2.75, 3.05) is 0 Å². The molecule has 0 aliphatic carbocycles. The average molecular weight is 236 g/mol. The number of rotatable bonds is 2. The highest BCUT2D eigenvalue weighted by Gasteiger charge is 2.13. The number of carboxylic acid groups (broad SMARTS) is 1. The minimum atomic E-state index is -1.14. The van der Waals surface area contributed by atoms with Crippen molar-refractivity contribution in [1.82, 2.24) is 15.2 Å². The first kappa shape index (κ1) is 10.5. The van der Waals surface area contributed by atoms with Crippen LogP contribution in [0.25, 0.3) is 11.4 Å². The number of pyridine rings is 1. The first-order valence-corrected chi connectivity index (χ1v) is 4.74. The predicted molar refractivity (Wildman–Crippen MR) is 57.2 cm³/mol. The van der Waals surface area contributed by atoms with Gasteiger partial charge in [-0.3, -0.25) is 4.98 Å². The third-order valence-corrected chi connectivity index (χ3v) is 2.19. The average Bonchev–Trinajstić information content (AvgIpc) is 2.30. The van der Waals surface area contributed by atoms with Crippen molar-refractivity contribution in [3.8, 4) is 11.4 Å². The lowest BCUT2D eigenvalue weighted by atomic mass is 10.2. The van der Waals surface area contributed by atoms with E-state index in [0.717, 1.165) is 0 Å². The molecule has 2 rings (SSSR count). The van der Waals surface area contributed by atoms with Crippen molar-refractivity contribution in [2.45, 2.75) is 0 Å². The van der Waals surface area contributed by atoms with Gasteiger partial charge in [0, 0.05) is 6.20 Å². The summed E-state index contributed by atoms with van der Waals surface area (Å²) in [6, 6.07) is 6.59. The standard InChI is InChI=1S/C10H6ClN3O2/c11-9-6(10(15)16)5-8(13-14-9)7-3-1-2-4-12-7/h1-5H,(H,15,16). The molecule has 0 saturated carbocycles. The minimum Gasteiger partial charge on any atom is -0.478 e. The Morgan fingerprint density at radius 1 is 1.25 bits per heavy atom. The molecule has 0 bridgehead atoms. The molecule has 0 aliphatic heterocycles. The fraction of sp³-hybridized carbons (Fsp3) is 0. The minimum absolute atomic E-state index is 0.0858. The van der Waals surface area contributed by atoms with Gasteiger partial charge in [-0.1, -0.05) is 17.7 Å². The van der Waals surface area contributed by atoms with Crippen LogP contribution in [-0.4, -0.2) is 26.3 Å². The van der Waals surface area contributed by atoms with Crippen LogP contribution >= 0.6 is 11.6 Å². The monoisotopic (exact) mass is 235 g/mol.